The van der Waals surface area contributed by atoms with Crippen molar-refractivity contribution in [1.82, 2.24) is 57.0 Å². The van der Waals surface area contributed by atoms with Gasteiger partial charge in [-0.05, 0) is 63.2 Å². The van der Waals surface area contributed by atoms with Crippen LogP contribution in [0.1, 0.15) is 104 Å². The van der Waals surface area contributed by atoms with Crippen LogP contribution in [0.4, 0.5) is 0 Å². The lowest BCUT2D eigenvalue weighted by Gasteiger charge is -2.31. The van der Waals surface area contributed by atoms with Gasteiger partial charge in [0.15, 0.2) is 0 Å². The maximum Gasteiger partial charge on any atom is 0.326 e. The second-order valence-electron chi connectivity index (χ2n) is 19.1. The molecule has 29 nitrogen and oxygen atoms in total. The number of carbonyl (C=O) groups is 13. The molecule has 1 aromatic rings. The van der Waals surface area contributed by atoms with Crippen molar-refractivity contribution in [3.05, 3.63) is 18.2 Å². The summed E-state index contributed by atoms with van der Waals surface area (Å²) < 4.78 is 0. The van der Waals surface area contributed by atoms with E-state index in [0.29, 0.717) is 25.1 Å². The van der Waals surface area contributed by atoms with Crippen LogP contribution in [0, 0.1) is 11.8 Å². The van der Waals surface area contributed by atoms with E-state index in [2.05, 4.69) is 47.2 Å². The number of imidazole rings is 1. The van der Waals surface area contributed by atoms with Gasteiger partial charge >= 0.3 is 17.9 Å². The number of carboxylic acids is 3. The van der Waals surface area contributed by atoms with Gasteiger partial charge in [-0.2, -0.15) is 0 Å². The summed E-state index contributed by atoms with van der Waals surface area (Å²) in [7, 11) is 0. The minimum Gasteiger partial charge on any atom is -0.481 e. The molecule has 3 heterocycles. The molecule has 0 aromatic carbocycles. The van der Waals surface area contributed by atoms with Gasteiger partial charge in [0, 0.05) is 50.7 Å². The lowest BCUT2D eigenvalue weighted by molar-refractivity contribution is -0.144. The number of aliphatic carboxylic acids is 3. The van der Waals surface area contributed by atoms with Crippen molar-refractivity contribution in [3.63, 3.8) is 0 Å². The molecule has 2 aliphatic heterocycles. The Morgan fingerprint density at radius 3 is 1.72 bits per heavy atom. The highest BCUT2D eigenvalue weighted by atomic mass is 16.4. The van der Waals surface area contributed by atoms with Crippen LogP contribution < -0.4 is 48.7 Å². The lowest BCUT2D eigenvalue weighted by Crippen LogP contribution is -2.60. The monoisotopic (exact) mass is 1060 g/mol. The van der Waals surface area contributed by atoms with Crippen LogP contribution in [-0.2, 0) is 68.7 Å². The van der Waals surface area contributed by atoms with Crippen molar-refractivity contribution < 1.29 is 77.6 Å². The molecule has 0 spiro atoms. The molecule has 0 saturated carbocycles. The van der Waals surface area contributed by atoms with E-state index in [9.17, 15) is 77.6 Å². The first kappa shape index (κ1) is 61.6. The zero-order valence-electron chi connectivity index (χ0n) is 42.4. The molecule has 2 saturated heterocycles. The van der Waals surface area contributed by atoms with Crippen LogP contribution in [0.5, 0.6) is 0 Å². The smallest absolute Gasteiger partial charge is 0.326 e. The Morgan fingerprint density at radius 2 is 1.19 bits per heavy atom. The van der Waals surface area contributed by atoms with Gasteiger partial charge in [0.05, 0.1) is 19.4 Å². The second-order valence-corrected chi connectivity index (χ2v) is 19.1. The van der Waals surface area contributed by atoms with Crippen LogP contribution in [0.2, 0.25) is 0 Å². The molecule has 8 atom stereocenters. The minimum atomic E-state index is -1.73. The fourth-order valence-corrected chi connectivity index (χ4v) is 8.49. The average molecular weight is 1060 g/mol. The molecule has 10 amide bonds. The maximum absolute atomic E-state index is 14.3. The van der Waals surface area contributed by atoms with E-state index in [1.165, 1.54) is 17.4 Å². The highest BCUT2D eigenvalue weighted by Crippen LogP contribution is 2.21. The summed E-state index contributed by atoms with van der Waals surface area (Å²) in [5, 5.41) is 46.0. The van der Waals surface area contributed by atoms with Gasteiger partial charge in [-0.25, -0.2) is 9.78 Å². The third-order valence-electron chi connectivity index (χ3n) is 12.4. The lowest BCUT2D eigenvalue weighted by atomic mass is 9.99. The number of carboxylic acid groups (broad SMARTS) is 3. The molecule has 0 radical (unpaired) electrons. The van der Waals surface area contributed by atoms with Crippen LogP contribution >= 0.6 is 0 Å². The molecule has 416 valence electrons. The Bertz CT molecular complexity index is 2240. The summed E-state index contributed by atoms with van der Waals surface area (Å²) in [6, 6.07) is -11.3. The zero-order valence-corrected chi connectivity index (χ0v) is 42.4. The predicted octanol–water partition coefficient (Wildman–Crippen LogP) is -4.30. The van der Waals surface area contributed by atoms with Gasteiger partial charge in [-0.15, -0.1) is 0 Å². The largest absolute Gasteiger partial charge is 0.481 e. The van der Waals surface area contributed by atoms with Crippen molar-refractivity contribution in [3.8, 4) is 0 Å². The maximum atomic E-state index is 14.3. The Kier molecular flexibility index (Phi) is 24.5. The van der Waals surface area contributed by atoms with E-state index in [-0.39, 0.29) is 51.1 Å². The van der Waals surface area contributed by atoms with E-state index < -0.39 is 170 Å². The summed E-state index contributed by atoms with van der Waals surface area (Å²) in [6.07, 6.45) is 0.133. The Labute approximate surface area is 431 Å². The average Bonchev–Trinajstić information content (AvgIpc) is 4.16. The summed E-state index contributed by atoms with van der Waals surface area (Å²) in [5.41, 5.74) is 11.2. The van der Waals surface area contributed by atoms with E-state index >= 15 is 0 Å². The third-order valence-corrected chi connectivity index (χ3v) is 12.4. The van der Waals surface area contributed by atoms with Gasteiger partial charge < -0.3 is 78.8 Å². The molecule has 15 N–H and O–H groups in total. The highest BCUT2D eigenvalue weighted by Gasteiger charge is 2.41. The number of hydrogen-bond acceptors (Lipinski definition) is 15. The number of likely N-dealkylation sites (tertiary alicyclic amines) is 2. The number of primary amides is 1. The number of aromatic nitrogens is 2. The minimum absolute atomic E-state index is 0.00287. The quantitative estimate of drug-likeness (QED) is 0.0335. The van der Waals surface area contributed by atoms with Gasteiger partial charge in [0.25, 0.3) is 0 Å². The molecule has 2 aliphatic rings. The third kappa shape index (κ3) is 19.9. The number of amides is 10. The number of rotatable bonds is 31. The van der Waals surface area contributed by atoms with E-state index in [1.54, 1.807) is 27.7 Å². The first-order valence-corrected chi connectivity index (χ1v) is 24.6. The molecular weight excluding hydrogens is 991 g/mol. The normalized spacial score (nSPS) is 17.6. The van der Waals surface area contributed by atoms with Gasteiger partial charge in [0.2, 0.25) is 59.1 Å². The first-order chi connectivity index (χ1) is 35.3. The summed E-state index contributed by atoms with van der Waals surface area (Å²) >= 11 is 0. The highest BCUT2D eigenvalue weighted by molar-refractivity contribution is 5.98. The first-order valence-electron chi connectivity index (χ1n) is 24.6. The van der Waals surface area contributed by atoms with Gasteiger partial charge in [-0.3, -0.25) is 57.5 Å². The number of H-pyrrole nitrogens is 1. The number of carbonyl (C=O) groups excluding carboxylic acids is 10. The Balaban J connectivity index is 1.84. The van der Waals surface area contributed by atoms with E-state index in [0.717, 1.165) is 4.90 Å². The number of aromatic amines is 1. The Morgan fingerprint density at radius 1 is 0.667 bits per heavy atom. The van der Waals surface area contributed by atoms with Gasteiger partial charge in [0.1, 0.15) is 48.3 Å². The molecule has 0 unspecified atom stereocenters. The molecule has 3 rings (SSSR count). The standard InChI is InChI=1S/C46H71N13O16/c1-23(2)17-29(42(70)57-38(24(3)4)46(74)75)56-40(68)26(9-12-33(48)60)54-44(72)32-8-6-16-59(32)45(73)28(11-14-37(65)66)55-39(67)27(10-13-36(63)64)53-41(69)30(18-25-20-49-22-51-25)52-34(61)21-50-43(71)31-7-5-15-58(31)35(62)19-47/h20,22-24,26-32,38H,5-19,21,47H2,1-4H3,(H2,48,60)(H,49,51)(H,50,71)(H,52,61)(H,53,69)(H,54,72)(H,55,67)(H,56,68)(H,57,70)(H,63,64)(H,65,66)(H,74,75)/t26-,27-,28-,29-,30-,31-,32-,38-/m0/s1. The second kappa shape index (κ2) is 29.8. The van der Waals surface area contributed by atoms with Crippen molar-refractivity contribution in [2.24, 2.45) is 23.3 Å². The number of nitrogens with two attached hydrogens (primary N) is 2. The van der Waals surface area contributed by atoms with Crippen molar-refractivity contribution >= 4 is 77.0 Å². The molecule has 1 aromatic heterocycles. The zero-order chi connectivity index (χ0) is 56.1. The number of nitrogens with zero attached hydrogens (tertiary/aromatic N) is 3. The van der Waals surface area contributed by atoms with Crippen LogP contribution in [0.15, 0.2) is 12.5 Å². The molecule has 29 heteroatoms. The summed E-state index contributed by atoms with van der Waals surface area (Å²) in [4.78, 5) is 178. The summed E-state index contributed by atoms with van der Waals surface area (Å²) in [6.45, 7) is 5.85. The van der Waals surface area contributed by atoms with Crippen LogP contribution in [-0.4, -0.2) is 187 Å². The molecule has 75 heavy (non-hydrogen) atoms. The van der Waals surface area contributed by atoms with E-state index in [4.69, 9.17) is 11.5 Å². The van der Waals surface area contributed by atoms with Crippen molar-refractivity contribution in [2.75, 3.05) is 26.2 Å². The van der Waals surface area contributed by atoms with Crippen LogP contribution in [0.3, 0.4) is 0 Å². The fourth-order valence-electron chi connectivity index (χ4n) is 8.49. The topological polar surface area (TPSA) is 454 Å². The van der Waals surface area contributed by atoms with E-state index in [1.807, 2.05) is 0 Å². The number of nitrogens with one attached hydrogen (secondary N) is 8. The molecule has 0 aliphatic carbocycles. The fraction of sp³-hybridized carbons (Fsp3) is 0.652. The summed E-state index contributed by atoms with van der Waals surface area (Å²) in [5.74, 6) is -13.4. The number of hydrogen-bond donors (Lipinski definition) is 13. The SMILES string of the molecule is CC(C)C[C@H](NC(=O)[C@H](CCC(N)=O)NC(=O)[C@@H]1CCCN1C(=O)[C@H](CCC(=O)O)NC(=O)[C@H](CCC(=O)O)NC(=O)[C@H](Cc1cnc[nH]1)NC(=O)CNC(=O)[C@@H]1CCCN1C(=O)CN)C(=O)N[C@H](C(=O)O)C(C)C. The van der Waals surface area contributed by atoms with Gasteiger partial charge in [-0.1, -0.05) is 27.7 Å². The van der Waals surface area contributed by atoms with Crippen molar-refractivity contribution in [1.29, 1.82) is 0 Å². The van der Waals surface area contributed by atoms with Crippen LogP contribution in [0.25, 0.3) is 0 Å². The molecular formula is C46H71N13O16. The van der Waals surface area contributed by atoms with Crippen molar-refractivity contribution in [2.45, 2.75) is 153 Å². The molecule has 2 fully saturated rings. The predicted molar refractivity (Wildman–Crippen MR) is 260 cm³/mol. The molecule has 0 bridgehead atoms. The Hall–Kier alpha value is -7.72.